The van der Waals surface area contributed by atoms with Gasteiger partial charge in [-0.3, -0.25) is 14.5 Å². The molecule has 0 radical (unpaired) electrons. The number of anilines is 2. The molecule has 3 aromatic rings. The van der Waals surface area contributed by atoms with E-state index >= 15 is 0 Å². The van der Waals surface area contributed by atoms with Crippen LogP contribution in [0.2, 0.25) is 0 Å². The van der Waals surface area contributed by atoms with Crippen LogP contribution in [-0.2, 0) is 9.59 Å². The van der Waals surface area contributed by atoms with Gasteiger partial charge in [0.05, 0.1) is 19.2 Å². The van der Waals surface area contributed by atoms with E-state index in [2.05, 4.69) is 15.3 Å². The SMILES string of the molecule is COc1ccc(C2=Nc3cccnc3N(CC(=O)Nc3ccc4c(c3)OCO4)C(=O)C2)cc1. The first-order valence-corrected chi connectivity index (χ1v) is 10.3. The first-order valence-electron chi connectivity index (χ1n) is 10.3. The van der Waals surface area contributed by atoms with Crippen molar-refractivity contribution in [2.24, 2.45) is 4.99 Å². The third kappa shape index (κ3) is 4.20. The smallest absolute Gasteiger partial charge is 0.244 e. The third-order valence-corrected chi connectivity index (χ3v) is 5.28. The summed E-state index contributed by atoms with van der Waals surface area (Å²) in [5, 5.41) is 2.80. The summed E-state index contributed by atoms with van der Waals surface area (Å²) in [7, 11) is 1.59. The van der Waals surface area contributed by atoms with Crippen molar-refractivity contribution in [1.29, 1.82) is 0 Å². The molecule has 166 valence electrons. The molecule has 1 aromatic heterocycles. The van der Waals surface area contributed by atoms with Gasteiger partial charge in [0, 0.05) is 18.0 Å². The second-order valence-corrected chi connectivity index (χ2v) is 7.41. The highest BCUT2D eigenvalue weighted by Gasteiger charge is 2.28. The second kappa shape index (κ2) is 8.62. The van der Waals surface area contributed by atoms with Crippen molar-refractivity contribution in [2.75, 3.05) is 30.7 Å². The number of nitrogens with zero attached hydrogens (tertiary/aromatic N) is 3. The Morgan fingerprint density at radius 3 is 2.76 bits per heavy atom. The van der Waals surface area contributed by atoms with E-state index in [1.165, 1.54) is 4.90 Å². The summed E-state index contributed by atoms with van der Waals surface area (Å²) in [6.45, 7) is -0.0588. The number of aliphatic imine (C=N–C) groups is 1. The largest absolute Gasteiger partial charge is 0.497 e. The number of carbonyl (C=O) groups excluding carboxylic acids is 2. The summed E-state index contributed by atoms with van der Waals surface area (Å²) < 4.78 is 15.8. The van der Waals surface area contributed by atoms with Crippen LogP contribution in [0.4, 0.5) is 17.2 Å². The summed E-state index contributed by atoms with van der Waals surface area (Å²) in [6.07, 6.45) is 1.60. The van der Waals surface area contributed by atoms with Crippen LogP contribution in [0, 0.1) is 0 Å². The Hall–Kier alpha value is -4.40. The number of hydrogen-bond donors (Lipinski definition) is 1. The minimum Gasteiger partial charge on any atom is -0.497 e. The lowest BCUT2D eigenvalue weighted by Crippen LogP contribution is -2.38. The van der Waals surface area contributed by atoms with Gasteiger partial charge in [-0.05, 0) is 54.1 Å². The van der Waals surface area contributed by atoms with Crippen LogP contribution in [0.5, 0.6) is 17.2 Å². The Kier molecular flexibility index (Phi) is 5.35. The molecule has 2 amide bonds. The topological polar surface area (TPSA) is 102 Å². The summed E-state index contributed by atoms with van der Waals surface area (Å²) in [6, 6.07) is 16.0. The molecule has 0 aliphatic carbocycles. The van der Waals surface area contributed by atoms with Gasteiger partial charge in [0.15, 0.2) is 17.3 Å². The highest BCUT2D eigenvalue weighted by molar-refractivity contribution is 6.18. The zero-order valence-corrected chi connectivity index (χ0v) is 17.8. The first-order chi connectivity index (χ1) is 16.1. The van der Waals surface area contributed by atoms with Crippen molar-refractivity contribution >= 4 is 34.7 Å². The average molecular weight is 444 g/mol. The quantitative estimate of drug-likeness (QED) is 0.648. The zero-order valence-electron chi connectivity index (χ0n) is 17.8. The zero-order chi connectivity index (χ0) is 22.8. The van der Waals surface area contributed by atoms with Crippen molar-refractivity contribution in [2.45, 2.75) is 6.42 Å². The predicted molar refractivity (Wildman–Crippen MR) is 122 cm³/mol. The molecule has 9 heteroatoms. The number of carbonyl (C=O) groups is 2. The molecule has 0 bridgehead atoms. The molecule has 0 saturated carbocycles. The number of methoxy groups -OCH3 is 1. The molecule has 33 heavy (non-hydrogen) atoms. The summed E-state index contributed by atoms with van der Waals surface area (Å²) in [4.78, 5) is 36.4. The van der Waals surface area contributed by atoms with Crippen LogP contribution in [0.3, 0.4) is 0 Å². The molecular formula is C24H20N4O5. The van der Waals surface area contributed by atoms with Crippen LogP contribution in [0.1, 0.15) is 12.0 Å². The van der Waals surface area contributed by atoms with Gasteiger partial charge in [-0.25, -0.2) is 9.98 Å². The lowest BCUT2D eigenvalue weighted by atomic mass is 10.1. The van der Waals surface area contributed by atoms with E-state index in [4.69, 9.17) is 14.2 Å². The Labute approximate surface area is 189 Å². The fourth-order valence-electron chi connectivity index (χ4n) is 3.66. The number of pyridine rings is 1. The fraction of sp³-hybridized carbons (Fsp3) is 0.167. The molecule has 0 atom stereocenters. The second-order valence-electron chi connectivity index (χ2n) is 7.41. The van der Waals surface area contributed by atoms with E-state index in [-0.39, 0.29) is 31.6 Å². The average Bonchev–Trinajstić information content (AvgIpc) is 3.25. The minimum absolute atomic E-state index is 0.0278. The van der Waals surface area contributed by atoms with Crippen molar-refractivity contribution < 1.29 is 23.8 Å². The monoisotopic (exact) mass is 444 g/mol. The summed E-state index contributed by atoms with van der Waals surface area (Å²) in [5.41, 5.74) is 2.45. The van der Waals surface area contributed by atoms with E-state index in [0.717, 1.165) is 5.56 Å². The highest BCUT2D eigenvalue weighted by atomic mass is 16.7. The molecule has 0 unspecified atom stereocenters. The van der Waals surface area contributed by atoms with Crippen LogP contribution in [-0.4, -0.2) is 43.0 Å². The molecule has 2 aliphatic rings. The highest BCUT2D eigenvalue weighted by Crippen LogP contribution is 2.34. The number of amides is 2. The lowest BCUT2D eigenvalue weighted by molar-refractivity contribution is -0.120. The first kappa shape index (κ1) is 20.5. The Morgan fingerprint density at radius 1 is 1.12 bits per heavy atom. The van der Waals surface area contributed by atoms with Gasteiger partial charge >= 0.3 is 0 Å². The van der Waals surface area contributed by atoms with Crippen molar-refractivity contribution in [3.05, 3.63) is 66.4 Å². The number of hydrogen-bond acceptors (Lipinski definition) is 7. The molecule has 2 aromatic carbocycles. The molecule has 9 nitrogen and oxygen atoms in total. The summed E-state index contributed by atoms with van der Waals surface area (Å²) in [5.74, 6) is 1.59. The molecular weight excluding hydrogens is 424 g/mol. The molecule has 1 N–H and O–H groups in total. The molecule has 3 heterocycles. The number of rotatable bonds is 5. The van der Waals surface area contributed by atoms with E-state index < -0.39 is 0 Å². The fourth-order valence-corrected chi connectivity index (χ4v) is 3.66. The van der Waals surface area contributed by atoms with Gasteiger partial charge in [-0.1, -0.05) is 0 Å². The molecule has 5 rings (SSSR count). The van der Waals surface area contributed by atoms with Gasteiger partial charge in [-0.15, -0.1) is 0 Å². The third-order valence-electron chi connectivity index (χ3n) is 5.28. The number of aromatic nitrogens is 1. The molecule has 0 spiro atoms. The van der Waals surface area contributed by atoms with Crippen LogP contribution in [0.15, 0.2) is 65.8 Å². The maximum Gasteiger partial charge on any atom is 0.244 e. The van der Waals surface area contributed by atoms with Gasteiger partial charge in [0.1, 0.15) is 18.0 Å². The van der Waals surface area contributed by atoms with Crippen molar-refractivity contribution in [3.8, 4) is 17.2 Å². The number of ether oxygens (including phenoxy) is 3. The van der Waals surface area contributed by atoms with Gasteiger partial charge in [-0.2, -0.15) is 0 Å². The van der Waals surface area contributed by atoms with Gasteiger partial charge < -0.3 is 19.5 Å². The predicted octanol–water partition coefficient (Wildman–Crippen LogP) is 3.32. The standard InChI is InChI=1S/C24H20N4O5/c1-31-17-7-4-15(5-8-17)19-12-23(30)28(24-18(27-19)3-2-10-25-24)13-22(29)26-16-6-9-20-21(11-16)33-14-32-20/h2-11H,12-14H2,1H3,(H,26,29). The molecule has 2 aliphatic heterocycles. The summed E-state index contributed by atoms with van der Waals surface area (Å²) >= 11 is 0. The molecule has 0 saturated heterocycles. The Morgan fingerprint density at radius 2 is 1.94 bits per heavy atom. The minimum atomic E-state index is -0.369. The van der Waals surface area contributed by atoms with Crippen LogP contribution in [0.25, 0.3) is 0 Å². The number of nitrogens with one attached hydrogen (secondary N) is 1. The maximum atomic E-state index is 13.2. The molecule has 0 fully saturated rings. The van der Waals surface area contributed by atoms with Crippen LogP contribution >= 0.6 is 0 Å². The van der Waals surface area contributed by atoms with E-state index in [9.17, 15) is 9.59 Å². The van der Waals surface area contributed by atoms with E-state index in [1.54, 1.807) is 43.6 Å². The van der Waals surface area contributed by atoms with Crippen molar-refractivity contribution in [3.63, 3.8) is 0 Å². The van der Waals surface area contributed by atoms with Gasteiger partial charge in [0.25, 0.3) is 0 Å². The normalized spacial score (nSPS) is 14.3. The number of benzene rings is 2. The number of fused-ring (bicyclic) bond motifs is 2. The van der Waals surface area contributed by atoms with Gasteiger partial charge in [0.2, 0.25) is 18.6 Å². The Balaban J connectivity index is 1.38. The maximum absolute atomic E-state index is 13.2. The van der Waals surface area contributed by atoms with Crippen LogP contribution < -0.4 is 24.4 Å². The lowest BCUT2D eigenvalue weighted by Gasteiger charge is -2.20. The Bertz CT molecular complexity index is 1260. The van der Waals surface area contributed by atoms with E-state index in [0.29, 0.717) is 40.2 Å². The van der Waals surface area contributed by atoms with Crippen molar-refractivity contribution in [1.82, 2.24) is 4.98 Å². The van der Waals surface area contributed by atoms with E-state index in [1.807, 2.05) is 24.3 Å².